The number of fused-ring (bicyclic) bond motifs is 1. The zero-order chi connectivity index (χ0) is 12.7. The number of aromatic amines is 1. The van der Waals surface area contributed by atoms with Gasteiger partial charge in [-0.05, 0) is 42.1 Å². The van der Waals surface area contributed by atoms with Gasteiger partial charge in [-0.3, -0.25) is 9.89 Å². The molecule has 5 nitrogen and oxygen atoms in total. The number of nitrogens with one attached hydrogen (secondary N) is 1. The fraction of sp³-hybridized carbons (Fsp3) is 0.667. The number of rotatable bonds is 1. The highest BCUT2D eigenvalue weighted by Crippen LogP contribution is 2.31. The van der Waals surface area contributed by atoms with E-state index >= 15 is 0 Å². The largest absolute Gasteiger partial charge is 0.374 e. The smallest absolute Gasteiger partial charge is 0.275 e. The zero-order valence-corrected chi connectivity index (χ0v) is 11.9. The van der Waals surface area contributed by atoms with Crippen molar-refractivity contribution in [1.29, 1.82) is 0 Å². The first-order chi connectivity index (χ1) is 8.68. The molecule has 0 spiro atoms. The number of carbonyl (C=O) groups excluding carboxylic acids is 1. The summed E-state index contributed by atoms with van der Waals surface area (Å²) in [5, 5.41) is 6.94. The second kappa shape index (κ2) is 4.66. The maximum absolute atomic E-state index is 12.5. The molecule has 3 rings (SSSR count). The molecule has 1 aliphatic carbocycles. The molecule has 2 heterocycles. The summed E-state index contributed by atoms with van der Waals surface area (Å²) in [6.45, 7) is 3.19. The van der Waals surface area contributed by atoms with Crippen molar-refractivity contribution in [1.82, 2.24) is 15.1 Å². The van der Waals surface area contributed by atoms with Crippen LogP contribution in [0.4, 0.5) is 0 Å². The minimum absolute atomic E-state index is 0.00595. The van der Waals surface area contributed by atoms with Crippen LogP contribution in [0.3, 0.4) is 0 Å². The molecule has 0 bridgehead atoms. The third kappa shape index (κ3) is 1.87. The minimum atomic E-state index is 0.00595. The molecule has 1 aromatic rings. The lowest BCUT2D eigenvalue weighted by Crippen LogP contribution is -2.51. The zero-order valence-electron chi connectivity index (χ0n) is 10.3. The fourth-order valence-electron chi connectivity index (χ4n) is 2.87. The molecule has 2 fully saturated rings. The fourth-order valence-corrected chi connectivity index (χ4v) is 3.22. The van der Waals surface area contributed by atoms with E-state index in [4.69, 9.17) is 4.74 Å². The summed E-state index contributed by atoms with van der Waals surface area (Å²) in [4.78, 5) is 14.5. The Bertz CT molecular complexity index is 474. The van der Waals surface area contributed by atoms with Crippen molar-refractivity contribution in [3.8, 4) is 0 Å². The molecule has 0 radical (unpaired) electrons. The van der Waals surface area contributed by atoms with Crippen LogP contribution in [0.25, 0.3) is 0 Å². The summed E-state index contributed by atoms with van der Waals surface area (Å²) in [5.41, 5.74) is 1.37. The summed E-state index contributed by atoms with van der Waals surface area (Å²) in [7, 11) is 0. The number of aromatic nitrogens is 2. The van der Waals surface area contributed by atoms with E-state index in [1.54, 1.807) is 0 Å². The van der Waals surface area contributed by atoms with Crippen molar-refractivity contribution in [2.24, 2.45) is 0 Å². The Balaban J connectivity index is 1.85. The van der Waals surface area contributed by atoms with Gasteiger partial charge in [-0.25, -0.2) is 0 Å². The Morgan fingerprint density at radius 3 is 3.11 bits per heavy atom. The highest BCUT2D eigenvalue weighted by Gasteiger charge is 2.39. The van der Waals surface area contributed by atoms with Crippen molar-refractivity contribution < 1.29 is 9.53 Å². The van der Waals surface area contributed by atoms with Crippen LogP contribution in [0.15, 0.2) is 4.47 Å². The van der Waals surface area contributed by atoms with Gasteiger partial charge in [0.2, 0.25) is 0 Å². The van der Waals surface area contributed by atoms with Crippen molar-refractivity contribution in [2.45, 2.75) is 38.3 Å². The molecule has 6 heteroatoms. The van der Waals surface area contributed by atoms with Crippen LogP contribution in [0.2, 0.25) is 0 Å². The minimum Gasteiger partial charge on any atom is -0.374 e. The highest BCUT2D eigenvalue weighted by molar-refractivity contribution is 9.10. The van der Waals surface area contributed by atoms with E-state index in [9.17, 15) is 4.79 Å². The van der Waals surface area contributed by atoms with E-state index < -0.39 is 0 Å². The maximum Gasteiger partial charge on any atom is 0.275 e. The van der Waals surface area contributed by atoms with Crippen molar-refractivity contribution in [3.63, 3.8) is 0 Å². The molecular weight excluding hydrogens is 298 g/mol. The molecule has 1 saturated carbocycles. The van der Waals surface area contributed by atoms with Gasteiger partial charge < -0.3 is 9.64 Å². The number of hydrogen-bond donors (Lipinski definition) is 1. The van der Waals surface area contributed by atoms with Crippen LogP contribution >= 0.6 is 15.9 Å². The summed E-state index contributed by atoms with van der Waals surface area (Å²) < 4.78 is 6.49. The SMILES string of the molecule is Cc1[nH]nc(C(=O)N2CCO[C@H]3CCC[C@H]32)c1Br. The number of hydrogen-bond acceptors (Lipinski definition) is 3. The number of aryl methyl sites for hydroxylation is 1. The van der Waals surface area contributed by atoms with E-state index in [1.165, 1.54) is 0 Å². The van der Waals surface area contributed by atoms with Gasteiger partial charge in [-0.15, -0.1) is 0 Å². The van der Waals surface area contributed by atoms with E-state index in [1.807, 2.05) is 11.8 Å². The summed E-state index contributed by atoms with van der Waals surface area (Å²) in [6.07, 6.45) is 3.47. The van der Waals surface area contributed by atoms with Crippen LogP contribution in [-0.2, 0) is 4.74 Å². The number of H-pyrrole nitrogens is 1. The first kappa shape index (κ1) is 12.2. The molecule has 18 heavy (non-hydrogen) atoms. The van der Waals surface area contributed by atoms with Gasteiger partial charge in [-0.1, -0.05) is 0 Å². The molecule has 1 aromatic heterocycles. The summed E-state index contributed by atoms with van der Waals surface area (Å²) in [5.74, 6) is 0.00595. The Morgan fingerprint density at radius 1 is 1.56 bits per heavy atom. The standard InChI is InChI=1S/C12H16BrN3O2/c1-7-10(13)11(15-14-7)12(17)16-5-6-18-9-4-2-3-8(9)16/h8-9H,2-6H2,1H3,(H,14,15)/t8-,9+/m1/s1. The lowest BCUT2D eigenvalue weighted by Gasteiger charge is -2.37. The first-order valence-electron chi connectivity index (χ1n) is 6.31. The number of amides is 1. The number of ether oxygens (including phenoxy) is 1. The Morgan fingerprint density at radius 2 is 2.39 bits per heavy atom. The molecule has 1 N–H and O–H groups in total. The first-order valence-corrected chi connectivity index (χ1v) is 7.11. The monoisotopic (exact) mass is 313 g/mol. The van der Waals surface area contributed by atoms with Crippen LogP contribution in [0.1, 0.15) is 35.4 Å². The number of carbonyl (C=O) groups is 1. The van der Waals surface area contributed by atoms with Crippen LogP contribution in [0.5, 0.6) is 0 Å². The van der Waals surface area contributed by atoms with Gasteiger partial charge in [-0.2, -0.15) is 5.10 Å². The highest BCUT2D eigenvalue weighted by atomic mass is 79.9. The Kier molecular flexibility index (Phi) is 3.15. The average molecular weight is 314 g/mol. The van der Waals surface area contributed by atoms with Crippen LogP contribution < -0.4 is 0 Å². The molecule has 2 atom stereocenters. The predicted molar refractivity (Wildman–Crippen MR) is 69.4 cm³/mol. The third-order valence-corrected chi connectivity index (χ3v) is 4.79. The van der Waals surface area contributed by atoms with E-state index in [2.05, 4.69) is 26.1 Å². The molecule has 1 aliphatic heterocycles. The van der Waals surface area contributed by atoms with Crippen molar-refractivity contribution in [3.05, 3.63) is 15.9 Å². The predicted octanol–water partition coefficient (Wildman–Crippen LogP) is 1.87. The van der Waals surface area contributed by atoms with Crippen LogP contribution in [0, 0.1) is 6.92 Å². The van der Waals surface area contributed by atoms with Gasteiger partial charge in [0.1, 0.15) is 0 Å². The number of morpholine rings is 1. The lowest BCUT2D eigenvalue weighted by molar-refractivity contribution is -0.0447. The average Bonchev–Trinajstić information content (AvgIpc) is 2.96. The molecular formula is C12H16BrN3O2. The number of nitrogens with zero attached hydrogens (tertiary/aromatic N) is 2. The molecule has 1 amide bonds. The van der Waals surface area contributed by atoms with Crippen molar-refractivity contribution >= 4 is 21.8 Å². The normalized spacial score (nSPS) is 27.3. The van der Waals surface area contributed by atoms with Crippen molar-refractivity contribution in [2.75, 3.05) is 13.2 Å². The molecule has 0 unspecified atom stereocenters. The Labute approximate surface area is 114 Å². The summed E-state index contributed by atoms with van der Waals surface area (Å²) >= 11 is 3.42. The third-order valence-electron chi connectivity index (χ3n) is 3.82. The molecule has 0 aromatic carbocycles. The van der Waals surface area contributed by atoms with E-state index in [-0.39, 0.29) is 18.1 Å². The van der Waals surface area contributed by atoms with Gasteiger partial charge >= 0.3 is 0 Å². The quantitative estimate of drug-likeness (QED) is 0.861. The van der Waals surface area contributed by atoms with Gasteiger partial charge in [0.15, 0.2) is 5.69 Å². The molecule has 98 valence electrons. The molecule has 2 aliphatic rings. The number of halogens is 1. The van der Waals surface area contributed by atoms with E-state index in [0.29, 0.717) is 18.8 Å². The van der Waals surface area contributed by atoms with Crippen LogP contribution in [-0.4, -0.2) is 46.3 Å². The summed E-state index contributed by atoms with van der Waals surface area (Å²) in [6, 6.07) is 0.232. The van der Waals surface area contributed by atoms with Gasteiger partial charge in [0.05, 0.1) is 23.2 Å². The lowest BCUT2D eigenvalue weighted by atomic mass is 10.1. The maximum atomic E-state index is 12.5. The van der Waals surface area contributed by atoms with Gasteiger partial charge in [0.25, 0.3) is 5.91 Å². The van der Waals surface area contributed by atoms with E-state index in [0.717, 1.165) is 29.4 Å². The topological polar surface area (TPSA) is 58.2 Å². The molecule has 1 saturated heterocycles. The second-order valence-electron chi connectivity index (χ2n) is 4.92. The van der Waals surface area contributed by atoms with Gasteiger partial charge in [0, 0.05) is 12.2 Å². The Hall–Kier alpha value is -0.880. The second-order valence-corrected chi connectivity index (χ2v) is 5.71.